The second-order valence-corrected chi connectivity index (χ2v) is 9.04. The van der Waals surface area contributed by atoms with Crippen LogP contribution < -0.4 is 5.32 Å². The quantitative estimate of drug-likeness (QED) is 0.635. The van der Waals surface area contributed by atoms with E-state index in [4.69, 9.17) is 0 Å². The zero-order chi connectivity index (χ0) is 22.0. The fraction of sp³-hybridized carbons (Fsp3) is 0.409. The number of thiophene rings is 1. The maximum atomic E-state index is 13.0. The van der Waals surface area contributed by atoms with Crippen molar-refractivity contribution in [3.8, 4) is 0 Å². The van der Waals surface area contributed by atoms with E-state index in [-0.39, 0.29) is 17.7 Å². The van der Waals surface area contributed by atoms with Crippen LogP contribution in [0.1, 0.15) is 43.8 Å². The molecule has 31 heavy (non-hydrogen) atoms. The molecule has 3 aromatic rings. The van der Waals surface area contributed by atoms with Crippen molar-refractivity contribution in [3.63, 3.8) is 0 Å². The maximum absolute atomic E-state index is 13.0. The first kappa shape index (κ1) is 21.3. The van der Waals surface area contributed by atoms with Crippen LogP contribution in [0.15, 0.2) is 30.7 Å². The minimum atomic E-state index is -0.121. The second-order valence-electron chi connectivity index (χ2n) is 8.04. The number of nitrogens with zero attached hydrogens (tertiary/aromatic N) is 5. The van der Waals surface area contributed by atoms with Gasteiger partial charge in [-0.2, -0.15) is 0 Å². The standard InChI is InChI=1S/C22H26N6O2S/c1-14-11-26-17(12-25-14)22(30)28-9-6-15(13-28)18-16-5-4-7-24-21(16)31-19(18)20(29)23-8-10-27(2)3/h4-5,7,11-12,15H,6,8-10,13H2,1-3H3,(H,23,29)/t15-/m0/s1. The molecule has 4 heterocycles. The molecule has 1 fully saturated rings. The monoisotopic (exact) mass is 438 g/mol. The van der Waals surface area contributed by atoms with E-state index < -0.39 is 0 Å². The van der Waals surface area contributed by atoms with E-state index in [0.717, 1.165) is 34.4 Å². The van der Waals surface area contributed by atoms with Gasteiger partial charge in [-0.05, 0) is 39.1 Å². The van der Waals surface area contributed by atoms with Crippen LogP contribution in [0.3, 0.4) is 0 Å². The van der Waals surface area contributed by atoms with E-state index in [9.17, 15) is 9.59 Å². The molecule has 1 aliphatic rings. The molecule has 2 amide bonds. The Labute approximate surface area is 185 Å². The van der Waals surface area contributed by atoms with Crippen LogP contribution in [0.2, 0.25) is 0 Å². The molecule has 162 valence electrons. The molecule has 9 heteroatoms. The highest BCUT2D eigenvalue weighted by Crippen LogP contribution is 2.39. The number of hydrogen-bond donors (Lipinski definition) is 1. The lowest BCUT2D eigenvalue weighted by Crippen LogP contribution is -2.32. The number of likely N-dealkylation sites (tertiary alicyclic amines) is 1. The van der Waals surface area contributed by atoms with Crippen LogP contribution in [0.25, 0.3) is 10.2 Å². The van der Waals surface area contributed by atoms with E-state index in [1.54, 1.807) is 17.3 Å². The highest BCUT2D eigenvalue weighted by Gasteiger charge is 2.33. The molecule has 8 nitrogen and oxygen atoms in total. The molecule has 1 aliphatic heterocycles. The lowest BCUT2D eigenvalue weighted by molar-refractivity contribution is 0.0784. The molecule has 0 unspecified atom stereocenters. The number of aromatic nitrogens is 3. The number of carbonyl (C=O) groups is 2. The first-order valence-electron chi connectivity index (χ1n) is 10.3. The zero-order valence-corrected chi connectivity index (χ0v) is 18.8. The summed E-state index contributed by atoms with van der Waals surface area (Å²) < 4.78 is 0. The number of nitrogens with one attached hydrogen (secondary N) is 1. The largest absolute Gasteiger partial charge is 0.350 e. The molecule has 0 aromatic carbocycles. The van der Waals surface area contributed by atoms with Crippen LogP contribution >= 0.6 is 11.3 Å². The summed E-state index contributed by atoms with van der Waals surface area (Å²) in [5.74, 6) is -0.117. The highest BCUT2D eigenvalue weighted by atomic mass is 32.1. The fourth-order valence-electron chi connectivity index (χ4n) is 3.84. The SMILES string of the molecule is Cc1cnc(C(=O)N2CC[C@H](c3c(C(=O)NCCN(C)C)sc4ncccc34)C2)cn1. The van der Waals surface area contributed by atoms with Gasteiger partial charge in [-0.1, -0.05) is 6.07 Å². The minimum Gasteiger partial charge on any atom is -0.350 e. The van der Waals surface area contributed by atoms with E-state index in [2.05, 4.69) is 20.3 Å². The van der Waals surface area contributed by atoms with Gasteiger partial charge in [-0.15, -0.1) is 11.3 Å². The van der Waals surface area contributed by atoms with Crippen molar-refractivity contribution in [3.05, 3.63) is 52.6 Å². The van der Waals surface area contributed by atoms with Crippen LogP contribution in [-0.4, -0.2) is 76.8 Å². The molecule has 0 saturated carbocycles. The first-order valence-corrected chi connectivity index (χ1v) is 11.1. The van der Waals surface area contributed by atoms with Gasteiger partial charge in [-0.3, -0.25) is 14.6 Å². The predicted octanol–water partition coefficient (Wildman–Crippen LogP) is 2.32. The van der Waals surface area contributed by atoms with Gasteiger partial charge in [0.15, 0.2) is 0 Å². The molecule has 0 bridgehead atoms. The minimum absolute atomic E-state index is 0.0750. The Morgan fingerprint density at radius 1 is 1.26 bits per heavy atom. The third-order valence-electron chi connectivity index (χ3n) is 5.44. The number of amides is 2. The number of fused-ring (bicyclic) bond motifs is 1. The van der Waals surface area contributed by atoms with Crippen molar-refractivity contribution >= 4 is 33.4 Å². The lowest BCUT2D eigenvalue weighted by Gasteiger charge is -2.17. The normalized spacial score (nSPS) is 16.3. The van der Waals surface area contributed by atoms with Crippen molar-refractivity contribution in [1.29, 1.82) is 0 Å². The summed E-state index contributed by atoms with van der Waals surface area (Å²) >= 11 is 1.42. The van der Waals surface area contributed by atoms with Crippen LogP contribution in [0.5, 0.6) is 0 Å². The van der Waals surface area contributed by atoms with Gasteiger partial charge in [0.2, 0.25) is 0 Å². The Morgan fingerprint density at radius 3 is 2.84 bits per heavy atom. The van der Waals surface area contributed by atoms with Crippen LogP contribution in [-0.2, 0) is 0 Å². The van der Waals surface area contributed by atoms with Crippen LogP contribution in [0, 0.1) is 6.92 Å². The summed E-state index contributed by atoms with van der Waals surface area (Å²) in [4.78, 5) is 44.1. The van der Waals surface area contributed by atoms with E-state index in [0.29, 0.717) is 30.2 Å². The summed E-state index contributed by atoms with van der Waals surface area (Å²) in [5.41, 5.74) is 2.13. The number of hydrogen-bond acceptors (Lipinski definition) is 7. The fourth-order valence-corrected chi connectivity index (χ4v) is 4.99. The predicted molar refractivity (Wildman–Crippen MR) is 121 cm³/mol. The van der Waals surface area contributed by atoms with Gasteiger partial charge in [0, 0.05) is 49.9 Å². The average molecular weight is 439 g/mol. The molecule has 4 rings (SSSR count). The van der Waals surface area contributed by atoms with Gasteiger partial charge < -0.3 is 15.1 Å². The molecular weight excluding hydrogens is 412 g/mol. The number of aryl methyl sites for hydroxylation is 1. The molecule has 0 aliphatic carbocycles. The second kappa shape index (κ2) is 9.07. The Kier molecular flexibility index (Phi) is 6.24. The van der Waals surface area contributed by atoms with E-state index in [1.165, 1.54) is 17.5 Å². The summed E-state index contributed by atoms with van der Waals surface area (Å²) in [5, 5.41) is 4.02. The van der Waals surface area contributed by atoms with Gasteiger partial charge in [0.25, 0.3) is 11.8 Å². The Bertz CT molecular complexity index is 1100. The first-order chi connectivity index (χ1) is 14.9. The van der Waals surface area contributed by atoms with Crippen molar-refractivity contribution in [2.75, 3.05) is 40.3 Å². The van der Waals surface area contributed by atoms with Gasteiger partial charge in [-0.25, -0.2) is 9.97 Å². The van der Waals surface area contributed by atoms with Crippen LogP contribution in [0.4, 0.5) is 0 Å². The lowest BCUT2D eigenvalue weighted by atomic mass is 9.95. The summed E-state index contributed by atoms with van der Waals surface area (Å²) in [6, 6.07) is 3.91. The van der Waals surface area contributed by atoms with Crippen molar-refractivity contribution < 1.29 is 9.59 Å². The molecule has 0 radical (unpaired) electrons. The van der Waals surface area contributed by atoms with Crippen molar-refractivity contribution in [2.24, 2.45) is 0 Å². The summed E-state index contributed by atoms with van der Waals surface area (Å²) in [6.07, 6.45) is 5.67. The van der Waals surface area contributed by atoms with Gasteiger partial charge in [0.1, 0.15) is 10.5 Å². The number of pyridine rings is 1. The number of rotatable bonds is 6. The van der Waals surface area contributed by atoms with Crippen molar-refractivity contribution in [2.45, 2.75) is 19.3 Å². The molecule has 0 spiro atoms. The molecular formula is C22H26N6O2S. The third-order valence-corrected chi connectivity index (χ3v) is 6.57. The third kappa shape index (κ3) is 4.57. The van der Waals surface area contributed by atoms with Gasteiger partial charge in [0.05, 0.1) is 16.8 Å². The number of likely N-dealkylation sites (N-methyl/N-ethyl adjacent to an activating group) is 1. The number of carbonyl (C=O) groups excluding carboxylic acids is 2. The molecule has 1 atom stereocenters. The molecule has 3 aromatic heterocycles. The molecule has 1 N–H and O–H groups in total. The van der Waals surface area contributed by atoms with Crippen molar-refractivity contribution in [1.82, 2.24) is 30.1 Å². The zero-order valence-electron chi connectivity index (χ0n) is 18.0. The smallest absolute Gasteiger partial charge is 0.274 e. The average Bonchev–Trinajstić information content (AvgIpc) is 3.38. The van der Waals surface area contributed by atoms with E-state index in [1.807, 2.05) is 38.1 Å². The van der Waals surface area contributed by atoms with E-state index >= 15 is 0 Å². The van der Waals surface area contributed by atoms with Gasteiger partial charge >= 0.3 is 0 Å². The summed E-state index contributed by atoms with van der Waals surface area (Å²) in [6.45, 7) is 4.36. The summed E-state index contributed by atoms with van der Waals surface area (Å²) in [7, 11) is 3.95. The maximum Gasteiger partial charge on any atom is 0.274 e. The molecule has 1 saturated heterocycles. The Hall–Kier alpha value is -2.91. The topological polar surface area (TPSA) is 91.3 Å². The Balaban J connectivity index is 1.58. The Morgan fingerprint density at radius 2 is 2.10 bits per heavy atom. The highest BCUT2D eigenvalue weighted by molar-refractivity contribution is 7.20.